The van der Waals surface area contributed by atoms with Crippen molar-refractivity contribution in [2.45, 2.75) is 52.7 Å². The lowest BCUT2D eigenvalue weighted by atomic mass is 9.94. The molecule has 2 N–H and O–H groups in total. The Balaban J connectivity index is 2.51. The predicted molar refractivity (Wildman–Crippen MR) is 84.2 cm³/mol. The average Bonchev–Trinajstić information content (AvgIpc) is 2.38. The SMILES string of the molecule is CCOC(=O)CC(C)CC(N)c1ccc(OC(C)C)cc1. The number of carbonyl (C=O) groups is 1. The molecule has 0 fully saturated rings. The molecule has 1 aromatic carbocycles. The molecular formula is C17H27NO3. The van der Waals surface area contributed by atoms with Crippen LogP contribution in [0.3, 0.4) is 0 Å². The maximum absolute atomic E-state index is 11.4. The molecule has 0 radical (unpaired) electrons. The fourth-order valence-corrected chi connectivity index (χ4v) is 2.22. The number of benzene rings is 1. The molecule has 2 atom stereocenters. The zero-order valence-corrected chi connectivity index (χ0v) is 13.5. The van der Waals surface area contributed by atoms with Gasteiger partial charge in [-0.05, 0) is 50.8 Å². The van der Waals surface area contributed by atoms with E-state index in [0.29, 0.717) is 13.0 Å². The van der Waals surface area contributed by atoms with Crippen LogP contribution in [0.4, 0.5) is 0 Å². The van der Waals surface area contributed by atoms with Gasteiger partial charge in [0.2, 0.25) is 0 Å². The third-order valence-electron chi connectivity index (χ3n) is 3.16. The maximum atomic E-state index is 11.4. The van der Waals surface area contributed by atoms with Gasteiger partial charge in [0.05, 0.1) is 12.7 Å². The Kier molecular flexibility index (Phi) is 7.23. The van der Waals surface area contributed by atoms with E-state index >= 15 is 0 Å². The van der Waals surface area contributed by atoms with Gasteiger partial charge in [-0.3, -0.25) is 4.79 Å². The zero-order chi connectivity index (χ0) is 15.8. The van der Waals surface area contributed by atoms with Crippen molar-refractivity contribution in [2.75, 3.05) is 6.61 Å². The molecule has 0 heterocycles. The van der Waals surface area contributed by atoms with Gasteiger partial charge in [-0.15, -0.1) is 0 Å². The first-order chi connectivity index (χ1) is 9.92. The summed E-state index contributed by atoms with van der Waals surface area (Å²) in [6.07, 6.45) is 1.33. The van der Waals surface area contributed by atoms with Crippen LogP contribution < -0.4 is 10.5 Å². The summed E-state index contributed by atoms with van der Waals surface area (Å²) in [7, 11) is 0. The highest BCUT2D eigenvalue weighted by atomic mass is 16.5. The van der Waals surface area contributed by atoms with E-state index in [1.165, 1.54) is 0 Å². The fourth-order valence-electron chi connectivity index (χ4n) is 2.22. The Morgan fingerprint density at radius 2 is 1.81 bits per heavy atom. The first-order valence-electron chi connectivity index (χ1n) is 7.60. The van der Waals surface area contributed by atoms with Crippen molar-refractivity contribution in [2.24, 2.45) is 11.7 Å². The van der Waals surface area contributed by atoms with E-state index in [-0.39, 0.29) is 24.0 Å². The Morgan fingerprint density at radius 3 is 2.33 bits per heavy atom. The molecule has 0 aliphatic carbocycles. The molecule has 0 bridgehead atoms. The van der Waals surface area contributed by atoms with E-state index in [4.69, 9.17) is 15.2 Å². The van der Waals surface area contributed by atoms with Crippen LogP contribution in [0.15, 0.2) is 24.3 Å². The van der Waals surface area contributed by atoms with Crippen molar-refractivity contribution >= 4 is 5.97 Å². The van der Waals surface area contributed by atoms with E-state index < -0.39 is 0 Å². The molecule has 1 rings (SSSR count). The van der Waals surface area contributed by atoms with Crippen LogP contribution >= 0.6 is 0 Å². The summed E-state index contributed by atoms with van der Waals surface area (Å²) in [5.41, 5.74) is 7.26. The first-order valence-corrected chi connectivity index (χ1v) is 7.60. The molecule has 118 valence electrons. The summed E-state index contributed by atoms with van der Waals surface area (Å²) in [4.78, 5) is 11.4. The van der Waals surface area contributed by atoms with Crippen molar-refractivity contribution < 1.29 is 14.3 Å². The number of esters is 1. The molecule has 0 amide bonds. The summed E-state index contributed by atoms with van der Waals surface area (Å²) < 4.78 is 10.6. The van der Waals surface area contributed by atoms with Crippen molar-refractivity contribution in [3.63, 3.8) is 0 Å². The van der Waals surface area contributed by atoms with Crippen molar-refractivity contribution in [3.05, 3.63) is 29.8 Å². The maximum Gasteiger partial charge on any atom is 0.306 e. The highest BCUT2D eigenvalue weighted by Crippen LogP contribution is 2.23. The van der Waals surface area contributed by atoms with Crippen molar-refractivity contribution in [3.8, 4) is 5.75 Å². The minimum Gasteiger partial charge on any atom is -0.491 e. The molecule has 4 heteroatoms. The standard InChI is InChI=1S/C17H27NO3/c1-5-20-17(19)11-13(4)10-16(18)14-6-8-15(9-7-14)21-12(2)3/h6-9,12-13,16H,5,10-11,18H2,1-4H3. The van der Waals surface area contributed by atoms with E-state index in [9.17, 15) is 4.79 Å². The summed E-state index contributed by atoms with van der Waals surface area (Å²) in [5, 5.41) is 0. The van der Waals surface area contributed by atoms with Gasteiger partial charge >= 0.3 is 5.97 Å². The van der Waals surface area contributed by atoms with Crippen LogP contribution in [0.25, 0.3) is 0 Å². The molecule has 21 heavy (non-hydrogen) atoms. The molecule has 0 saturated carbocycles. The zero-order valence-electron chi connectivity index (χ0n) is 13.5. The summed E-state index contributed by atoms with van der Waals surface area (Å²) in [6, 6.07) is 7.76. The van der Waals surface area contributed by atoms with Gasteiger partial charge in [0.1, 0.15) is 5.75 Å². The van der Waals surface area contributed by atoms with Gasteiger partial charge < -0.3 is 15.2 Å². The minimum absolute atomic E-state index is 0.0810. The van der Waals surface area contributed by atoms with E-state index in [1.54, 1.807) is 0 Å². The highest BCUT2D eigenvalue weighted by Gasteiger charge is 2.15. The van der Waals surface area contributed by atoms with E-state index in [1.807, 2.05) is 52.0 Å². The smallest absolute Gasteiger partial charge is 0.306 e. The Labute approximate surface area is 127 Å². The lowest BCUT2D eigenvalue weighted by Gasteiger charge is -2.18. The second-order valence-corrected chi connectivity index (χ2v) is 5.69. The second kappa shape index (κ2) is 8.67. The molecule has 0 saturated heterocycles. The van der Waals surface area contributed by atoms with Gasteiger partial charge in [-0.1, -0.05) is 19.1 Å². The van der Waals surface area contributed by atoms with Crippen LogP contribution in [0.5, 0.6) is 5.75 Å². The number of hydrogen-bond acceptors (Lipinski definition) is 4. The monoisotopic (exact) mass is 293 g/mol. The van der Waals surface area contributed by atoms with Crippen LogP contribution in [-0.2, 0) is 9.53 Å². The number of hydrogen-bond donors (Lipinski definition) is 1. The Bertz CT molecular complexity index is 428. The van der Waals surface area contributed by atoms with E-state index in [0.717, 1.165) is 17.7 Å². The van der Waals surface area contributed by atoms with Crippen LogP contribution in [0.1, 0.15) is 52.1 Å². The topological polar surface area (TPSA) is 61.5 Å². The predicted octanol–water partition coefficient (Wildman–Crippen LogP) is 3.45. The summed E-state index contributed by atoms with van der Waals surface area (Å²) in [6.45, 7) is 8.25. The van der Waals surface area contributed by atoms with Crippen LogP contribution in [0.2, 0.25) is 0 Å². The quantitative estimate of drug-likeness (QED) is 0.746. The van der Waals surface area contributed by atoms with Crippen molar-refractivity contribution in [1.82, 2.24) is 0 Å². The number of carbonyl (C=O) groups excluding carboxylic acids is 1. The molecule has 4 nitrogen and oxygen atoms in total. The fraction of sp³-hybridized carbons (Fsp3) is 0.588. The lowest BCUT2D eigenvalue weighted by Crippen LogP contribution is -2.17. The van der Waals surface area contributed by atoms with Crippen LogP contribution in [0, 0.1) is 5.92 Å². The van der Waals surface area contributed by atoms with Gasteiger partial charge in [-0.2, -0.15) is 0 Å². The van der Waals surface area contributed by atoms with E-state index in [2.05, 4.69) is 0 Å². The molecule has 0 aliphatic rings. The number of nitrogens with two attached hydrogens (primary N) is 1. The van der Waals surface area contributed by atoms with Crippen molar-refractivity contribution in [1.29, 1.82) is 0 Å². The highest BCUT2D eigenvalue weighted by molar-refractivity contribution is 5.69. The number of ether oxygens (including phenoxy) is 2. The average molecular weight is 293 g/mol. The van der Waals surface area contributed by atoms with Gasteiger partial charge in [-0.25, -0.2) is 0 Å². The van der Waals surface area contributed by atoms with Gasteiger partial charge in [0.15, 0.2) is 0 Å². The first kappa shape index (κ1) is 17.5. The largest absolute Gasteiger partial charge is 0.491 e. The molecule has 0 aromatic heterocycles. The van der Waals surface area contributed by atoms with Crippen LogP contribution in [-0.4, -0.2) is 18.7 Å². The summed E-state index contributed by atoms with van der Waals surface area (Å²) >= 11 is 0. The van der Waals surface area contributed by atoms with Gasteiger partial charge in [0.25, 0.3) is 0 Å². The molecule has 0 aliphatic heterocycles. The number of rotatable bonds is 8. The Hall–Kier alpha value is -1.55. The molecule has 1 aromatic rings. The molecule has 0 spiro atoms. The molecule has 2 unspecified atom stereocenters. The third-order valence-corrected chi connectivity index (χ3v) is 3.16. The second-order valence-electron chi connectivity index (χ2n) is 5.69. The minimum atomic E-state index is -0.155. The lowest BCUT2D eigenvalue weighted by molar-refractivity contribution is -0.144. The van der Waals surface area contributed by atoms with Gasteiger partial charge in [0, 0.05) is 12.5 Å². The Morgan fingerprint density at radius 1 is 1.19 bits per heavy atom. The normalized spacial score (nSPS) is 13.8. The third kappa shape index (κ3) is 6.63. The summed E-state index contributed by atoms with van der Waals surface area (Å²) in [5.74, 6) is 0.893. The molecular weight excluding hydrogens is 266 g/mol.